The van der Waals surface area contributed by atoms with Crippen LogP contribution in [0, 0.1) is 0 Å². The highest BCUT2D eigenvalue weighted by Crippen LogP contribution is 2.03. The van der Waals surface area contributed by atoms with Crippen molar-refractivity contribution in [2.45, 2.75) is 45.2 Å². The van der Waals surface area contributed by atoms with Crippen molar-refractivity contribution in [1.82, 2.24) is 9.55 Å². The van der Waals surface area contributed by atoms with Gasteiger partial charge in [-0.3, -0.25) is 4.79 Å². The number of carboxylic acid groups (broad SMARTS) is 1. The second kappa shape index (κ2) is 6.27. The topological polar surface area (TPSA) is 81.1 Å². The first-order valence-corrected chi connectivity index (χ1v) is 5.62. The van der Waals surface area contributed by atoms with Gasteiger partial charge in [0.15, 0.2) is 0 Å². The maximum atomic E-state index is 10.6. The molecule has 0 aliphatic carbocycles. The number of nitrogens with zero attached hydrogens (tertiary/aromatic N) is 2. The molecule has 0 spiro atoms. The standard InChI is InChI=1S/C11H19N3O2/c1-2-3-4-5-14-7-9(13-8-14)6-10(12)11(15)16/h7-8,10H,2-6,12H2,1H3,(H,15,16)/t10-/m0/s1. The molecule has 0 saturated carbocycles. The Morgan fingerprint density at radius 3 is 3.00 bits per heavy atom. The van der Waals surface area contributed by atoms with Gasteiger partial charge in [-0.25, -0.2) is 4.98 Å². The van der Waals surface area contributed by atoms with E-state index in [-0.39, 0.29) is 6.42 Å². The summed E-state index contributed by atoms with van der Waals surface area (Å²) in [6, 6.07) is -0.862. The van der Waals surface area contributed by atoms with Gasteiger partial charge < -0.3 is 15.4 Å². The molecule has 5 nitrogen and oxygen atoms in total. The summed E-state index contributed by atoms with van der Waals surface area (Å²) < 4.78 is 1.99. The molecule has 5 heteroatoms. The van der Waals surface area contributed by atoms with Crippen molar-refractivity contribution in [3.05, 3.63) is 18.2 Å². The van der Waals surface area contributed by atoms with E-state index in [0.29, 0.717) is 0 Å². The number of aromatic nitrogens is 2. The lowest BCUT2D eigenvalue weighted by atomic mass is 10.2. The Morgan fingerprint density at radius 2 is 2.38 bits per heavy atom. The predicted molar refractivity (Wildman–Crippen MR) is 61.1 cm³/mol. The molecule has 0 fully saturated rings. The number of hydrogen-bond acceptors (Lipinski definition) is 3. The lowest BCUT2D eigenvalue weighted by Gasteiger charge is -2.02. The molecular formula is C11H19N3O2. The number of hydrogen-bond donors (Lipinski definition) is 2. The van der Waals surface area contributed by atoms with Gasteiger partial charge in [-0.15, -0.1) is 0 Å². The fourth-order valence-electron chi connectivity index (χ4n) is 1.49. The van der Waals surface area contributed by atoms with Gasteiger partial charge >= 0.3 is 5.97 Å². The summed E-state index contributed by atoms with van der Waals surface area (Å²) >= 11 is 0. The highest BCUT2D eigenvalue weighted by atomic mass is 16.4. The highest BCUT2D eigenvalue weighted by molar-refractivity contribution is 5.73. The first-order chi connectivity index (χ1) is 7.63. The van der Waals surface area contributed by atoms with Crippen LogP contribution in [0.4, 0.5) is 0 Å². The fourth-order valence-corrected chi connectivity index (χ4v) is 1.49. The minimum Gasteiger partial charge on any atom is -0.480 e. The van der Waals surface area contributed by atoms with Crippen molar-refractivity contribution < 1.29 is 9.90 Å². The monoisotopic (exact) mass is 225 g/mol. The van der Waals surface area contributed by atoms with Crippen LogP contribution in [0.2, 0.25) is 0 Å². The fraction of sp³-hybridized carbons (Fsp3) is 0.636. The van der Waals surface area contributed by atoms with Crippen molar-refractivity contribution >= 4 is 5.97 Å². The van der Waals surface area contributed by atoms with Crippen LogP contribution in [0.3, 0.4) is 0 Å². The molecule has 1 atom stereocenters. The van der Waals surface area contributed by atoms with Gasteiger partial charge in [-0.05, 0) is 6.42 Å². The summed E-state index contributed by atoms with van der Waals surface area (Å²) in [6.45, 7) is 3.09. The van der Waals surface area contributed by atoms with E-state index in [9.17, 15) is 4.79 Å². The van der Waals surface area contributed by atoms with Gasteiger partial charge in [0.2, 0.25) is 0 Å². The first-order valence-electron chi connectivity index (χ1n) is 5.62. The van der Waals surface area contributed by atoms with E-state index in [2.05, 4.69) is 11.9 Å². The molecule has 0 aliphatic rings. The number of carboxylic acids is 1. The van der Waals surface area contributed by atoms with Crippen LogP contribution in [0.15, 0.2) is 12.5 Å². The van der Waals surface area contributed by atoms with E-state index in [1.54, 1.807) is 6.33 Å². The van der Waals surface area contributed by atoms with E-state index >= 15 is 0 Å². The number of aryl methyl sites for hydroxylation is 1. The van der Waals surface area contributed by atoms with Gasteiger partial charge in [0.25, 0.3) is 0 Å². The Kier molecular flexibility index (Phi) is 4.98. The third-order valence-corrected chi connectivity index (χ3v) is 2.45. The van der Waals surface area contributed by atoms with Gasteiger partial charge in [0.1, 0.15) is 6.04 Å². The Labute approximate surface area is 95.3 Å². The molecule has 1 heterocycles. The summed E-state index contributed by atoms with van der Waals surface area (Å²) in [7, 11) is 0. The summed E-state index contributed by atoms with van der Waals surface area (Å²) in [6.07, 6.45) is 7.40. The van der Waals surface area contributed by atoms with Gasteiger partial charge in [-0.1, -0.05) is 19.8 Å². The molecule has 1 aromatic heterocycles. The largest absolute Gasteiger partial charge is 0.480 e. The Balaban J connectivity index is 2.42. The number of imidazole rings is 1. The van der Waals surface area contributed by atoms with E-state index in [4.69, 9.17) is 10.8 Å². The van der Waals surface area contributed by atoms with Crippen LogP contribution in [0.25, 0.3) is 0 Å². The van der Waals surface area contributed by atoms with E-state index in [1.165, 1.54) is 12.8 Å². The molecule has 1 aromatic rings. The number of unbranched alkanes of at least 4 members (excludes halogenated alkanes) is 2. The van der Waals surface area contributed by atoms with E-state index in [1.807, 2.05) is 10.8 Å². The first kappa shape index (κ1) is 12.7. The maximum Gasteiger partial charge on any atom is 0.320 e. The third kappa shape index (κ3) is 4.02. The average molecular weight is 225 g/mol. The van der Waals surface area contributed by atoms with Crippen molar-refractivity contribution in [3.8, 4) is 0 Å². The molecule has 3 N–H and O–H groups in total. The number of nitrogens with two attached hydrogens (primary N) is 1. The second-order valence-corrected chi connectivity index (χ2v) is 3.96. The molecule has 0 amide bonds. The molecule has 0 saturated heterocycles. The van der Waals surface area contributed by atoms with Crippen LogP contribution in [-0.4, -0.2) is 26.7 Å². The molecule has 0 radical (unpaired) electrons. The molecule has 0 bridgehead atoms. The van der Waals surface area contributed by atoms with Crippen LogP contribution in [0.5, 0.6) is 0 Å². The second-order valence-electron chi connectivity index (χ2n) is 3.96. The zero-order valence-electron chi connectivity index (χ0n) is 9.59. The van der Waals surface area contributed by atoms with E-state index < -0.39 is 12.0 Å². The number of aliphatic carboxylic acids is 1. The van der Waals surface area contributed by atoms with Crippen molar-refractivity contribution in [2.75, 3.05) is 0 Å². The van der Waals surface area contributed by atoms with Crippen LogP contribution in [0.1, 0.15) is 31.9 Å². The number of rotatable bonds is 7. The summed E-state index contributed by atoms with van der Waals surface area (Å²) in [5.74, 6) is -0.986. The Hall–Kier alpha value is -1.36. The normalized spacial score (nSPS) is 12.6. The summed E-state index contributed by atoms with van der Waals surface area (Å²) in [5.41, 5.74) is 6.17. The summed E-state index contributed by atoms with van der Waals surface area (Å²) in [5, 5.41) is 8.66. The van der Waals surface area contributed by atoms with E-state index in [0.717, 1.165) is 18.7 Å². The zero-order valence-corrected chi connectivity index (χ0v) is 9.59. The molecule has 0 aliphatic heterocycles. The smallest absolute Gasteiger partial charge is 0.320 e. The van der Waals surface area contributed by atoms with Crippen LogP contribution < -0.4 is 5.73 Å². The lowest BCUT2D eigenvalue weighted by molar-refractivity contribution is -0.138. The maximum absolute atomic E-state index is 10.6. The Morgan fingerprint density at radius 1 is 1.62 bits per heavy atom. The van der Waals surface area contributed by atoms with Crippen molar-refractivity contribution in [1.29, 1.82) is 0 Å². The minimum absolute atomic E-state index is 0.288. The molecule has 90 valence electrons. The number of carbonyl (C=O) groups is 1. The van der Waals surface area contributed by atoms with Gasteiger partial charge in [0, 0.05) is 19.2 Å². The van der Waals surface area contributed by atoms with Gasteiger partial charge in [-0.2, -0.15) is 0 Å². The van der Waals surface area contributed by atoms with Crippen LogP contribution in [-0.2, 0) is 17.8 Å². The summed E-state index contributed by atoms with van der Waals surface area (Å²) in [4.78, 5) is 14.7. The lowest BCUT2D eigenvalue weighted by Crippen LogP contribution is -2.32. The highest BCUT2D eigenvalue weighted by Gasteiger charge is 2.13. The van der Waals surface area contributed by atoms with Crippen molar-refractivity contribution in [3.63, 3.8) is 0 Å². The molecule has 0 aromatic carbocycles. The quantitative estimate of drug-likeness (QED) is 0.679. The van der Waals surface area contributed by atoms with Crippen LogP contribution >= 0.6 is 0 Å². The SMILES string of the molecule is CCCCCn1cnc(C[C@H](N)C(=O)O)c1. The van der Waals surface area contributed by atoms with Gasteiger partial charge in [0.05, 0.1) is 12.0 Å². The molecule has 16 heavy (non-hydrogen) atoms. The third-order valence-electron chi connectivity index (χ3n) is 2.45. The zero-order chi connectivity index (χ0) is 12.0. The Bertz CT molecular complexity index is 336. The molecule has 0 unspecified atom stereocenters. The minimum atomic E-state index is -0.986. The van der Waals surface area contributed by atoms with Crippen molar-refractivity contribution in [2.24, 2.45) is 5.73 Å². The molecular weight excluding hydrogens is 206 g/mol. The molecule has 1 rings (SSSR count). The predicted octanol–water partition coefficient (Wildman–Crippen LogP) is 1.03. The average Bonchev–Trinajstić information content (AvgIpc) is 2.66.